The fourth-order valence-corrected chi connectivity index (χ4v) is 3.91. The molecular weight excluding hydrogens is 260 g/mol. The highest BCUT2D eigenvalue weighted by atomic mass is 32.1. The number of morpholine rings is 1. The van der Waals surface area contributed by atoms with Crippen LogP contribution in [0.4, 0.5) is 0 Å². The van der Waals surface area contributed by atoms with Crippen LogP contribution in [0.3, 0.4) is 0 Å². The van der Waals surface area contributed by atoms with Gasteiger partial charge in [0.1, 0.15) is 0 Å². The SMILES string of the molecule is O=C(CC1COCCN1)NCc1cc2c(s1)CCC2. The Morgan fingerprint density at radius 2 is 2.47 bits per heavy atom. The van der Waals surface area contributed by atoms with Crippen LogP contribution in [0.15, 0.2) is 6.07 Å². The van der Waals surface area contributed by atoms with Gasteiger partial charge >= 0.3 is 0 Å². The molecule has 3 rings (SSSR count). The molecule has 1 aromatic rings. The van der Waals surface area contributed by atoms with Crippen LogP contribution in [-0.4, -0.2) is 31.7 Å². The first-order chi connectivity index (χ1) is 9.31. The number of rotatable bonds is 4. The van der Waals surface area contributed by atoms with E-state index in [2.05, 4.69) is 16.7 Å². The third-order valence-electron chi connectivity index (χ3n) is 3.69. The highest BCUT2D eigenvalue weighted by Crippen LogP contribution is 2.30. The van der Waals surface area contributed by atoms with Gasteiger partial charge in [0.05, 0.1) is 19.8 Å². The van der Waals surface area contributed by atoms with Gasteiger partial charge in [-0.15, -0.1) is 11.3 Å². The molecule has 1 aliphatic carbocycles. The Labute approximate surface area is 117 Å². The van der Waals surface area contributed by atoms with E-state index < -0.39 is 0 Å². The normalized spacial score (nSPS) is 22.2. The molecule has 0 spiro atoms. The second-order valence-electron chi connectivity index (χ2n) is 5.22. The van der Waals surface area contributed by atoms with Crippen molar-refractivity contribution in [2.24, 2.45) is 0 Å². The Morgan fingerprint density at radius 3 is 3.26 bits per heavy atom. The summed E-state index contributed by atoms with van der Waals surface area (Å²) in [4.78, 5) is 14.7. The van der Waals surface area contributed by atoms with Crippen LogP contribution >= 0.6 is 11.3 Å². The van der Waals surface area contributed by atoms with Crippen LogP contribution < -0.4 is 10.6 Å². The number of nitrogens with one attached hydrogen (secondary N) is 2. The molecule has 1 atom stereocenters. The number of hydrogen-bond donors (Lipinski definition) is 2. The Morgan fingerprint density at radius 1 is 1.53 bits per heavy atom. The molecular formula is C14H20N2O2S. The maximum atomic E-state index is 11.9. The molecule has 1 aromatic heterocycles. The van der Waals surface area contributed by atoms with E-state index in [1.54, 1.807) is 0 Å². The zero-order valence-electron chi connectivity index (χ0n) is 11.0. The van der Waals surface area contributed by atoms with E-state index in [1.807, 2.05) is 11.3 Å². The first-order valence-electron chi connectivity index (χ1n) is 6.99. The standard InChI is InChI=1S/C14H20N2O2S/c17-14(7-11-9-18-5-4-15-11)16-8-12-6-10-2-1-3-13(10)19-12/h6,11,15H,1-5,7-9H2,(H,16,17). The maximum absolute atomic E-state index is 11.9. The molecule has 0 aromatic carbocycles. The molecule has 1 aliphatic heterocycles. The monoisotopic (exact) mass is 280 g/mol. The zero-order valence-corrected chi connectivity index (χ0v) is 11.9. The van der Waals surface area contributed by atoms with Crippen molar-refractivity contribution >= 4 is 17.2 Å². The van der Waals surface area contributed by atoms with Crippen LogP contribution in [0.2, 0.25) is 0 Å². The van der Waals surface area contributed by atoms with Crippen LogP contribution in [-0.2, 0) is 28.9 Å². The Kier molecular flexibility index (Phi) is 4.15. The number of carbonyl (C=O) groups excluding carboxylic acids is 1. The fraction of sp³-hybridized carbons (Fsp3) is 0.643. The number of amides is 1. The predicted octanol–water partition coefficient (Wildman–Crippen LogP) is 1.23. The maximum Gasteiger partial charge on any atom is 0.221 e. The minimum Gasteiger partial charge on any atom is -0.378 e. The van der Waals surface area contributed by atoms with Gasteiger partial charge < -0.3 is 15.4 Å². The van der Waals surface area contributed by atoms with Gasteiger partial charge in [0.15, 0.2) is 0 Å². The zero-order chi connectivity index (χ0) is 13.1. The molecule has 0 saturated carbocycles. The van der Waals surface area contributed by atoms with Crippen molar-refractivity contribution < 1.29 is 9.53 Å². The number of hydrogen-bond acceptors (Lipinski definition) is 4. The van der Waals surface area contributed by atoms with Gasteiger partial charge in [-0.05, 0) is 30.9 Å². The van der Waals surface area contributed by atoms with Crippen molar-refractivity contribution in [3.05, 3.63) is 21.4 Å². The summed E-state index contributed by atoms with van der Waals surface area (Å²) in [6, 6.07) is 2.43. The van der Waals surface area contributed by atoms with E-state index in [1.165, 1.54) is 34.6 Å². The number of ether oxygens (including phenoxy) is 1. The van der Waals surface area contributed by atoms with Crippen LogP contribution in [0.5, 0.6) is 0 Å². The topological polar surface area (TPSA) is 50.4 Å². The first-order valence-corrected chi connectivity index (χ1v) is 7.81. The molecule has 5 heteroatoms. The molecule has 2 heterocycles. The molecule has 2 N–H and O–H groups in total. The van der Waals surface area contributed by atoms with E-state index in [9.17, 15) is 4.79 Å². The smallest absolute Gasteiger partial charge is 0.221 e. The van der Waals surface area contributed by atoms with Crippen molar-refractivity contribution in [2.45, 2.75) is 38.3 Å². The molecule has 104 valence electrons. The van der Waals surface area contributed by atoms with Gasteiger partial charge in [0.25, 0.3) is 0 Å². The molecule has 1 amide bonds. The molecule has 4 nitrogen and oxygen atoms in total. The summed E-state index contributed by atoms with van der Waals surface area (Å²) in [6.45, 7) is 2.90. The Hall–Kier alpha value is -0.910. The van der Waals surface area contributed by atoms with Crippen molar-refractivity contribution in [3.8, 4) is 0 Å². The lowest BCUT2D eigenvalue weighted by Crippen LogP contribution is -2.44. The molecule has 0 radical (unpaired) electrons. The second-order valence-corrected chi connectivity index (χ2v) is 6.44. The summed E-state index contributed by atoms with van der Waals surface area (Å²) >= 11 is 1.86. The van der Waals surface area contributed by atoms with Crippen molar-refractivity contribution in [2.75, 3.05) is 19.8 Å². The predicted molar refractivity (Wildman–Crippen MR) is 75.4 cm³/mol. The second kappa shape index (κ2) is 6.03. The number of fused-ring (bicyclic) bond motifs is 1. The largest absolute Gasteiger partial charge is 0.378 e. The molecule has 1 fully saturated rings. The molecule has 0 bridgehead atoms. The summed E-state index contributed by atoms with van der Waals surface area (Å²) in [5.74, 6) is 0.108. The van der Waals surface area contributed by atoms with E-state index in [0.717, 1.165) is 13.2 Å². The summed E-state index contributed by atoms with van der Waals surface area (Å²) in [5, 5.41) is 6.31. The van der Waals surface area contributed by atoms with Crippen LogP contribution in [0.25, 0.3) is 0 Å². The van der Waals surface area contributed by atoms with Crippen molar-refractivity contribution in [1.82, 2.24) is 10.6 Å². The number of thiophene rings is 1. The summed E-state index contributed by atoms with van der Waals surface area (Å²) < 4.78 is 5.35. The average molecular weight is 280 g/mol. The summed E-state index contributed by atoms with van der Waals surface area (Å²) in [7, 11) is 0. The fourth-order valence-electron chi connectivity index (χ4n) is 2.71. The van der Waals surface area contributed by atoms with Crippen molar-refractivity contribution in [3.63, 3.8) is 0 Å². The van der Waals surface area contributed by atoms with Gasteiger partial charge in [-0.1, -0.05) is 0 Å². The van der Waals surface area contributed by atoms with Gasteiger partial charge in [-0.25, -0.2) is 0 Å². The first kappa shape index (κ1) is 13.1. The quantitative estimate of drug-likeness (QED) is 0.872. The average Bonchev–Trinajstić information content (AvgIpc) is 2.98. The third kappa shape index (κ3) is 3.35. The third-order valence-corrected chi connectivity index (χ3v) is 4.92. The van der Waals surface area contributed by atoms with Gasteiger partial charge in [0.2, 0.25) is 5.91 Å². The molecule has 1 saturated heterocycles. The lowest BCUT2D eigenvalue weighted by Gasteiger charge is -2.23. The van der Waals surface area contributed by atoms with Gasteiger partial charge in [-0.2, -0.15) is 0 Å². The highest BCUT2D eigenvalue weighted by molar-refractivity contribution is 7.12. The minimum absolute atomic E-state index is 0.108. The molecule has 2 aliphatic rings. The molecule has 1 unspecified atom stereocenters. The van der Waals surface area contributed by atoms with E-state index in [4.69, 9.17) is 4.74 Å². The Balaban J connectivity index is 1.44. The Bertz CT molecular complexity index is 431. The lowest BCUT2D eigenvalue weighted by atomic mass is 10.2. The van der Waals surface area contributed by atoms with E-state index in [0.29, 0.717) is 19.6 Å². The lowest BCUT2D eigenvalue weighted by molar-refractivity contribution is -0.122. The number of carbonyl (C=O) groups is 1. The summed E-state index contributed by atoms with van der Waals surface area (Å²) in [5.41, 5.74) is 1.50. The minimum atomic E-state index is 0.108. The van der Waals surface area contributed by atoms with Gasteiger partial charge in [0, 0.05) is 28.8 Å². The van der Waals surface area contributed by atoms with Crippen molar-refractivity contribution in [1.29, 1.82) is 0 Å². The van der Waals surface area contributed by atoms with E-state index in [-0.39, 0.29) is 11.9 Å². The number of aryl methyl sites for hydroxylation is 2. The highest BCUT2D eigenvalue weighted by Gasteiger charge is 2.18. The summed E-state index contributed by atoms with van der Waals surface area (Å²) in [6.07, 6.45) is 4.23. The van der Waals surface area contributed by atoms with E-state index >= 15 is 0 Å². The molecule has 19 heavy (non-hydrogen) atoms. The van der Waals surface area contributed by atoms with Crippen LogP contribution in [0.1, 0.15) is 28.2 Å². The van der Waals surface area contributed by atoms with Crippen LogP contribution in [0, 0.1) is 0 Å². The van der Waals surface area contributed by atoms with Gasteiger partial charge in [-0.3, -0.25) is 4.79 Å².